The Kier molecular flexibility index (Phi) is 4.47. The third-order valence-electron chi connectivity index (χ3n) is 3.40. The van der Waals surface area contributed by atoms with Gasteiger partial charge >= 0.3 is 0 Å². The molecule has 6 nitrogen and oxygen atoms in total. The molecule has 0 bridgehead atoms. The van der Waals surface area contributed by atoms with Crippen molar-refractivity contribution in [2.24, 2.45) is 5.73 Å². The fraction of sp³-hybridized carbons (Fsp3) is 0.111. The number of primary amides is 1. The molecule has 0 radical (unpaired) electrons. The molecule has 24 heavy (non-hydrogen) atoms. The van der Waals surface area contributed by atoms with Gasteiger partial charge in [0.15, 0.2) is 5.82 Å². The average Bonchev–Trinajstić information content (AvgIpc) is 2.62. The van der Waals surface area contributed by atoms with Gasteiger partial charge in [0.2, 0.25) is 11.8 Å². The van der Waals surface area contributed by atoms with Gasteiger partial charge in [-0.2, -0.15) is 4.98 Å². The Labute approximate surface area is 139 Å². The molecule has 1 amide bonds. The number of hydrogen-bond acceptors (Lipinski definition) is 5. The zero-order chi connectivity index (χ0) is 16.9. The molecule has 2 heterocycles. The number of carbonyl (C=O) groups is 1. The van der Waals surface area contributed by atoms with Crippen LogP contribution in [0.2, 0.25) is 0 Å². The van der Waals surface area contributed by atoms with Crippen LogP contribution in [0.3, 0.4) is 0 Å². The van der Waals surface area contributed by atoms with Crippen LogP contribution in [0.15, 0.2) is 54.9 Å². The van der Waals surface area contributed by atoms with E-state index in [1.54, 1.807) is 42.7 Å². The van der Waals surface area contributed by atoms with E-state index < -0.39 is 5.91 Å². The minimum Gasteiger partial charge on any atom is -0.439 e. The van der Waals surface area contributed by atoms with E-state index in [9.17, 15) is 4.79 Å². The van der Waals surface area contributed by atoms with Crippen molar-refractivity contribution in [2.45, 2.75) is 13.3 Å². The van der Waals surface area contributed by atoms with Crippen molar-refractivity contribution >= 4 is 5.91 Å². The molecular weight excluding hydrogens is 304 g/mol. The number of benzene rings is 1. The van der Waals surface area contributed by atoms with Gasteiger partial charge < -0.3 is 10.5 Å². The first-order chi connectivity index (χ1) is 11.7. The number of rotatable bonds is 5. The summed E-state index contributed by atoms with van der Waals surface area (Å²) in [6.45, 7) is 2.01. The van der Waals surface area contributed by atoms with E-state index in [1.807, 2.05) is 19.1 Å². The van der Waals surface area contributed by atoms with Crippen LogP contribution in [0.25, 0.3) is 11.4 Å². The second kappa shape index (κ2) is 6.87. The molecule has 120 valence electrons. The molecule has 0 aliphatic heterocycles. The predicted molar refractivity (Wildman–Crippen MR) is 89.7 cm³/mol. The zero-order valence-electron chi connectivity index (χ0n) is 13.1. The maximum Gasteiger partial charge on any atom is 0.248 e. The number of amides is 1. The van der Waals surface area contributed by atoms with Crippen molar-refractivity contribution in [3.63, 3.8) is 0 Å². The molecule has 6 heteroatoms. The molecule has 0 fully saturated rings. The SMILES string of the molecule is CCc1cc(Oc2cccc(C(N)=O)c2)nc(-c2ccncc2)n1. The van der Waals surface area contributed by atoms with Crippen molar-refractivity contribution in [1.82, 2.24) is 15.0 Å². The van der Waals surface area contributed by atoms with Crippen molar-refractivity contribution in [3.8, 4) is 23.0 Å². The third-order valence-corrected chi connectivity index (χ3v) is 3.40. The van der Waals surface area contributed by atoms with Gasteiger partial charge in [-0.05, 0) is 36.8 Å². The first-order valence-corrected chi connectivity index (χ1v) is 7.52. The maximum atomic E-state index is 11.3. The first-order valence-electron chi connectivity index (χ1n) is 7.52. The number of aromatic nitrogens is 3. The Bertz CT molecular complexity index is 866. The quantitative estimate of drug-likeness (QED) is 0.780. The number of nitrogens with zero attached hydrogens (tertiary/aromatic N) is 3. The second-order valence-corrected chi connectivity index (χ2v) is 5.10. The van der Waals surface area contributed by atoms with E-state index in [1.165, 1.54) is 0 Å². The van der Waals surface area contributed by atoms with Gasteiger partial charge in [0.1, 0.15) is 5.75 Å². The van der Waals surface area contributed by atoms with E-state index in [4.69, 9.17) is 10.5 Å². The number of aryl methyl sites for hydroxylation is 1. The average molecular weight is 320 g/mol. The number of nitrogens with two attached hydrogens (primary N) is 1. The van der Waals surface area contributed by atoms with Gasteiger partial charge in [-0.1, -0.05) is 13.0 Å². The Morgan fingerprint density at radius 2 is 1.92 bits per heavy atom. The van der Waals surface area contributed by atoms with Crippen molar-refractivity contribution < 1.29 is 9.53 Å². The number of pyridine rings is 1. The van der Waals surface area contributed by atoms with Gasteiger partial charge in [-0.25, -0.2) is 4.98 Å². The van der Waals surface area contributed by atoms with Gasteiger partial charge in [0.25, 0.3) is 0 Å². The van der Waals surface area contributed by atoms with E-state index in [2.05, 4.69) is 15.0 Å². The standard InChI is InChI=1S/C18H16N4O2/c1-2-14-11-16(22-18(21-14)12-6-8-20-9-7-12)24-15-5-3-4-13(10-15)17(19)23/h3-11H,2H2,1H3,(H2,19,23). The molecule has 0 saturated carbocycles. The van der Waals surface area contributed by atoms with Gasteiger partial charge in [0.05, 0.1) is 0 Å². The highest BCUT2D eigenvalue weighted by molar-refractivity contribution is 5.93. The predicted octanol–water partition coefficient (Wildman–Crippen LogP) is 2.99. The topological polar surface area (TPSA) is 91.0 Å². The zero-order valence-corrected chi connectivity index (χ0v) is 13.1. The molecule has 0 spiro atoms. The minimum atomic E-state index is -0.505. The van der Waals surface area contributed by atoms with Crippen LogP contribution in [-0.2, 0) is 6.42 Å². The molecule has 3 aromatic rings. The molecule has 0 saturated heterocycles. The van der Waals surface area contributed by atoms with Crippen LogP contribution in [0.5, 0.6) is 11.6 Å². The Morgan fingerprint density at radius 1 is 1.12 bits per heavy atom. The van der Waals surface area contributed by atoms with E-state index >= 15 is 0 Å². The largest absolute Gasteiger partial charge is 0.439 e. The normalized spacial score (nSPS) is 10.4. The van der Waals surface area contributed by atoms with Crippen molar-refractivity contribution in [3.05, 3.63) is 66.1 Å². The Balaban J connectivity index is 1.96. The Morgan fingerprint density at radius 3 is 2.62 bits per heavy atom. The first kappa shape index (κ1) is 15.6. The molecule has 0 unspecified atom stereocenters. The molecule has 0 aliphatic rings. The van der Waals surface area contributed by atoms with Crippen molar-refractivity contribution in [2.75, 3.05) is 0 Å². The highest BCUT2D eigenvalue weighted by Crippen LogP contribution is 2.24. The molecule has 2 aromatic heterocycles. The lowest BCUT2D eigenvalue weighted by atomic mass is 10.2. The van der Waals surface area contributed by atoms with Crippen LogP contribution in [0, 0.1) is 0 Å². The summed E-state index contributed by atoms with van der Waals surface area (Å²) in [5.74, 6) is 0.968. The Hall–Kier alpha value is -3.28. The summed E-state index contributed by atoms with van der Waals surface area (Å²) in [7, 11) is 0. The smallest absolute Gasteiger partial charge is 0.248 e. The van der Waals surface area contributed by atoms with Gasteiger partial charge in [-0.15, -0.1) is 0 Å². The fourth-order valence-electron chi connectivity index (χ4n) is 2.17. The summed E-state index contributed by atoms with van der Waals surface area (Å²) in [6, 6.07) is 12.1. The summed E-state index contributed by atoms with van der Waals surface area (Å²) in [6.07, 6.45) is 4.13. The second-order valence-electron chi connectivity index (χ2n) is 5.10. The molecule has 0 aliphatic carbocycles. The molecule has 3 rings (SSSR count). The minimum absolute atomic E-state index is 0.381. The number of carbonyl (C=O) groups excluding carboxylic acids is 1. The monoisotopic (exact) mass is 320 g/mol. The van der Waals surface area contributed by atoms with Crippen LogP contribution in [0.1, 0.15) is 23.0 Å². The van der Waals surface area contributed by atoms with Crippen LogP contribution >= 0.6 is 0 Å². The van der Waals surface area contributed by atoms with Gasteiger partial charge in [-0.3, -0.25) is 9.78 Å². The summed E-state index contributed by atoms with van der Waals surface area (Å²) in [5.41, 5.74) is 7.39. The highest BCUT2D eigenvalue weighted by atomic mass is 16.5. The van der Waals surface area contributed by atoms with Crippen LogP contribution in [0.4, 0.5) is 0 Å². The molecule has 0 atom stereocenters. The van der Waals surface area contributed by atoms with E-state index in [-0.39, 0.29) is 0 Å². The van der Waals surface area contributed by atoms with E-state index in [0.29, 0.717) is 23.0 Å². The van der Waals surface area contributed by atoms with E-state index in [0.717, 1.165) is 17.7 Å². The molecule has 1 aromatic carbocycles. The third kappa shape index (κ3) is 3.55. The lowest BCUT2D eigenvalue weighted by Crippen LogP contribution is -2.10. The number of ether oxygens (including phenoxy) is 1. The highest BCUT2D eigenvalue weighted by Gasteiger charge is 2.09. The molecular formula is C18H16N4O2. The maximum absolute atomic E-state index is 11.3. The lowest BCUT2D eigenvalue weighted by molar-refractivity contribution is 0.1000. The summed E-state index contributed by atoms with van der Waals surface area (Å²) in [5, 5.41) is 0. The summed E-state index contributed by atoms with van der Waals surface area (Å²) >= 11 is 0. The molecule has 2 N–H and O–H groups in total. The van der Waals surface area contributed by atoms with Crippen LogP contribution < -0.4 is 10.5 Å². The lowest BCUT2D eigenvalue weighted by Gasteiger charge is -2.09. The van der Waals surface area contributed by atoms with Crippen LogP contribution in [-0.4, -0.2) is 20.9 Å². The summed E-state index contributed by atoms with van der Waals surface area (Å²) in [4.78, 5) is 24.2. The summed E-state index contributed by atoms with van der Waals surface area (Å²) < 4.78 is 5.80. The van der Waals surface area contributed by atoms with Crippen molar-refractivity contribution in [1.29, 1.82) is 0 Å². The van der Waals surface area contributed by atoms with Gasteiger partial charge in [0, 0.05) is 35.3 Å². The number of hydrogen-bond donors (Lipinski definition) is 1. The fourth-order valence-corrected chi connectivity index (χ4v) is 2.17.